The summed E-state index contributed by atoms with van der Waals surface area (Å²) in [5.41, 5.74) is 1.03. The average molecular weight is 316 g/mol. The molecule has 3 aromatic rings. The van der Waals surface area contributed by atoms with Gasteiger partial charge in [-0.2, -0.15) is 4.98 Å². The molecule has 0 aliphatic heterocycles. The Labute approximate surface area is 132 Å². The van der Waals surface area contributed by atoms with Gasteiger partial charge >= 0.3 is 0 Å². The molecule has 0 radical (unpaired) electrons. The van der Waals surface area contributed by atoms with Crippen LogP contribution in [-0.4, -0.2) is 22.8 Å². The highest BCUT2D eigenvalue weighted by Crippen LogP contribution is 2.29. The fraction of sp³-hybridized carbons (Fsp3) is 0.200. The molecular formula is C15H16N4S2. The summed E-state index contributed by atoms with van der Waals surface area (Å²) in [6.07, 6.45) is 2.07. The third kappa shape index (κ3) is 3.11. The molecule has 1 aromatic carbocycles. The molecule has 0 amide bonds. The SMILES string of the molecule is CCNc1nc(Nc2ccc(SC)cc2)c2ccsc2n1. The Hall–Kier alpha value is -1.79. The van der Waals surface area contributed by atoms with Crippen LogP contribution in [0.15, 0.2) is 40.6 Å². The van der Waals surface area contributed by atoms with Crippen molar-refractivity contribution in [2.45, 2.75) is 11.8 Å². The summed E-state index contributed by atoms with van der Waals surface area (Å²) in [6, 6.07) is 10.4. The van der Waals surface area contributed by atoms with Gasteiger partial charge in [0.25, 0.3) is 0 Å². The van der Waals surface area contributed by atoms with E-state index in [1.807, 2.05) is 18.4 Å². The minimum atomic E-state index is 0.663. The zero-order valence-corrected chi connectivity index (χ0v) is 13.5. The van der Waals surface area contributed by atoms with Crippen LogP contribution >= 0.6 is 23.1 Å². The van der Waals surface area contributed by atoms with Crippen molar-refractivity contribution in [1.29, 1.82) is 0 Å². The summed E-state index contributed by atoms with van der Waals surface area (Å²) in [6.45, 7) is 2.84. The number of nitrogens with zero attached hydrogens (tertiary/aromatic N) is 2. The molecule has 0 spiro atoms. The molecule has 0 saturated heterocycles. The number of nitrogens with one attached hydrogen (secondary N) is 2. The minimum Gasteiger partial charge on any atom is -0.354 e. The van der Waals surface area contributed by atoms with Gasteiger partial charge in [0.2, 0.25) is 5.95 Å². The first-order valence-corrected chi connectivity index (χ1v) is 8.81. The van der Waals surface area contributed by atoms with Crippen LogP contribution in [0, 0.1) is 0 Å². The fourth-order valence-electron chi connectivity index (χ4n) is 2.00. The number of benzene rings is 1. The number of anilines is 3. The lowest BCUT2D eigenvalue weighted by Gasteiger charge is -2.09. The number of hydrogen-bond donors (Lipinski definition) is 2. The number of thioether (sulfide) groups is 1. The maximum absolute atomic E-state index is 4.57. The summed E-state index contributed by atoms with van der Waals surface area (Å²) in [5.74, 6) is 1.50. The summed E-state index contributed by atoms with van der Waals surface area (Å²) in [5, 5.41) is 9.65. The molecule has 2 aromatic heterocycles. The van der Waals surface area contributed by atoms with Gasteiger partial charge < -0.3 is 10.6 Å². The lowest BCUT2D eigenvalue weighted by atomic mass is 10.3. The molecule has 6 heteroatoms. The van der Waals surface area contributed by atoms with Gasteiger partial charge in [0.15, 0.2) is 0 Å². The number of hydrogen-bond acceptors (Lipinski definition) is 6. The Morgan fingerprint density at radius 3 is 2.67 bits per heavy atom. The van der Waals surface area contributed by atoms with Crippen molar-refractivity contribution in [2.24, 2.45) is 0 Å². The molecule has 0 aliphatic rings. The van der Waals surface area contributed by atoms with E-state index in [1.165, 1.54) is 4.90 Å². The molecule has 0 bridgehead atoms. The highest BCUT2D eigenvalue weighted by Gasteiger charge is 2.08. The van der Waals surface area contributed by atoms with Crippen LogP contribution in [0.25, 0.3) is 10.2 Å². The largest absolute Gasteiger partial charge is 0.354 e. The smallest absolute Gasteiger partial charge is 0.226 e. The standard InChI is InChI=1S/C15H16N4S2/c1-3-16-15-18-13(12-8-9-21-14(12)19-15)17-10-4-6-11(20-2)7-5-10/h4-9H,3H2,1-2H3,(H2,16,17,18,19). The molecule has 0 fully saturated rings. The highest BCUT2D eigenvalue weighted by molar-refractivity contribution is 7.98. The van der Waals surface area contributed by atoms with Crippen molar-refractivity contribution >= 4 is 50.8 Å². The third-order valence-corrected chi connectivity index (χ3v) is 4.56. The monoisotopic (exact) mass is 316 g/mol. The Balaban J connectivity index is 1.95. The van der Waals surface area contributed by atoms with Crippen LogP contribution in [0.4, 0.5) is 17.5 Å². The molecule has 3 rings (SSSR count). The molecule has 0 aliphatic carbocycles. The predicted octanol–water partition coefficient (Wildman–Crippen LogP) is 4.59. The molecule has 0 unspecified atom stereocenters. The maximum Gasteiger partial charge on any atom is 0.226 e. The maximum atomic E-state index is 4.57. The molecule has 108 valence electrons. The zero-order valence-electron chi connectivity index (χ0n) is 11.9. The van der Waals surface area contributed by atoms with Gasteiger partial charge in [0, 0.05) is 17.1 Å². The highest BCUT2D eigenvalue weighted by atomic mass is 32.2. The number of aromatic nitrogens is 2. The van der Waals surface area contributed by atoms with Gasteiger partial charge in [-0.15, -0.1) is 23.1 Å². The van der Waals surface area contributed by atoms with Crippen molar-refractivity contribution in [1.82, 2.24) is 9.97 Å². The van der Waals surface area contributed by atoms with Crippen LogP contribution in [0.3, 0.4) is 0 Å². The Morgan fingerprint density at radius 1 is 1.14 bits per heavy atom. The van der Waals surface area contributed by atoms with Gasteiger partial charge in [-0.25, -0.2) is 4.98 Å². The van der Waals surface area contributed by atoms with Crippen molar-refractivity contribution in [3.63, 3.8) is 0 Å². The number of fused-ring (bicyclic) bond motifs is 1. The van der Waals surface area contributed by atoms with E-state index in [0.29, 0.717) is 5.95 Å². The molecule has 21 heavy (non-hydrogen) atoms. The lowest BCUT2D eigenvalue weighted by Crippen LogP contribution is -2.04. The average Bonchev–Trinajstić information content (AvgIpc) is 2.97. The quantitative estimate of drug-likeness (QED) is 0.674. The Kier molecular flexibility index (Phi) is 4.26. The normalized spacial score (nSPS) is 10.8. The number of rotatable bonds is 5. The van der Waals surface area contributed by atoms with E-state index in [-0.39, 0.29) is 0 Å². The topological polar surface area (TPSA) is 49.8 Å². The van der Waals surface area contributed by atoms with E-state index >= 15 is 0 Å². The molecule has 0 saturated carbocycles. The van der Waals surface area contributed by atoms with Crippen LogP contribution in [-0.2, 0) is 0 Å². The third-order valence-electron chi connectivity index (χ3n) is 3.01. The number of thiophene rings is 1. The minimum absolute atomic E-state index is 0.663. The summed E-state index contributed by atoms with van der Waals surface area (Å²) in [4.78, 5) is 11.3. The van der Waals surface area contributed by atoms with Gasteiger partial charge in [-0.05, 0) is 48.9 Å². The van der Waals surface area contributed by atoms with Gasteiger partial charge in [0.05, 0.1) is 5.39 Å². The fourth-order valence-corrected chi connectivity index (χ4v) is 3.17. The second kappa shape index (κ2) is 6.32. The first kappa shape index (κ1) is 14.2. The summed E-state index contributed by atoms with van der Waals surface area (Å²) < 4.78 is 0. The van der Waals surface area contributed by atoms with E-state index in [2.05, 4.69) is 51.1 Å². The first-order chi connectivity index (χ1) is 10.3. The molecule has 2 N–H and O–H groups in total. The van der Waals surface area contributed by atoms with Crippen molar-refractivity contribution in [2.75, 3.05) is 23.4 Å². The van der Waals surface area contributed by atoms with Crippen molar-refractivity contribution in [3.05, 3.63) is 35.7 Å². The Morgan fingerprint density at radius 2 is 1.95 bits per heavy atom. The van der Waals surface area contributed by atoms with E-state index in [1.54, 1.807) is 23.1 Å². The second-order valence-electron chi connectivity index (χ2n) is 4.42. The van der Waals surface area contributed by atoms with Crippen LogP contribution < -0.4 is 10.6 Å². The van der Waals surface area contributed by atoms with E-state index in [9.17, 15) is 0 Å². The summed E-state index contributed by atoms with van der Waals surface area (Å²) >= 11 is 3.36. The van der Waals surface area contributed by atoms with Crippen molar-refractivity contribution in [3.8, 4) is 0 Å². The second-order valence-corrected chi connectivity index (χ2v) is 6.19. The van der Waals surface area contributed by atoms with E-state index in [4.69, 9.17) is 0 Å². The molecule has 2 heterocycles. The van der Waals surface area contributed by atoms with E-state index in [0.717, 1.165) is 28.3 Å². The van der Waals surface area contributed by atoms with Crippen LogP contribution in [0.5, 0.6) is 0 Å². The first-order valence-electron chi connectivity index (χ1n) is 6.70. The predicted molar refractivity (Wildman–Crippen MR) is 93.1 cm³/mol. The lowest BCUT2D eigenvalue weighted by molar-refractivity contribution is 1.11. The Bertz CT molecular complexity index is 737. The molecular weight excluding hydrogens is 300 g/mol. The molecule has 0 atom stereocenters. The van der Waals surface area contributed by atoms with Crippen LogP contribution in [0.1, 0.15) is 6.92 Å². The molecule has 4 nitrogen and oxygen atoms in total. The zero-order chi connectivity index (χ0) is 14.7. The van der Waals surface area contributed by atoms with Gasteiger partial charge in [-0.1, -0.05) is 0 Å². The van der Waals surface area contributed by atoms with Crippen molar-refractivity contribution < 1.29 is 0 Å². The van der Waals surface area contributed by atoms with E-state index < -0.39 is 0 Å². The van der Waals surface area contributed by atoms with Gasteiger partial charge in [0.1, 0.15) is 10.6 Å². The van der Waals surface area contributed by atoms with Gasteiger partial charge in [-0.3, -0.25) is 0 Å². The summed E-state index contributed by atoms with van der Waals surface area (Å²) in [7, 11) is 0. The van der Waals surface area contributed by atoms with Crippen LogP contribution in [0.2, 0.25) is 0 Å².